The van der Waals surface area contributed by atoms with Crippen LogP contribution in [0.15, 0.2) is 109 Å². The van der Waals surface area contributed by atoms with E-state index in [2.05, 4.69) is 25.4 Å². The summed E-state index contributed by atoms with van der Waals surface area (Å²) in [4.78, 5) is 3.17. The van der Waals surface area contributed by atoms with Crippen LogP contribution in [0.25, 0.3) is 21.5 Å². The minimum absolute atomic E-state index is 0.0289. The van der Waals surface area contributed by atoms with Crippen LogP contribution in [0.3, 0.4) is 0 Å². The van der Waals surface area contributed by atoms with Gasteiger partial charge in [-0.05, 0) is 24.3 Å². The Bertz CT molecular complexity index is 1950. The zero-order valence-electron chi connectivity index (χ0n) is 20.0. The van der Waals surface area contributed by atoms with Crippen LogP contribution in [0, 0.1) is 0 Å². The van der Waals surface area contributed by atoms with Crippen molar-refractivity contribution < 1.29 is 36.2 Å². The maximum absolute atomic E-state index is 11.9. The van der Waals surface area contributed by atoms with Gasteiger partial charge in [0.2, 0.25) is 0 Å². The molecule has 1 aromatic heterocycles. The third-order valence-corrected chi connectivity index (χ3v) is 7.50. The van der Waals surface area contributed by atoms with Crippen molar-refractivity contribution in [1.29, 1.82) is 0 Å². The Labute approximate surface area is 226 Å². The van der Waals surface area contributed by atoms with Crippen LogP contribution >= 0.6 is 0 Å². The number of phenols is 2. The quantitative estimate of drug-likeness (QED) is 0.134. The Morgan fingerprint density at radius 1 is 0.525 bits per heavy atom. The number of hydrogen-bond acceptors (Lipinski definition) is 11. The number of aromatic nitrogens is 1. The van der Waals surface area contributed by atoms with Gasteiger partial charge in [-0.2, -0.15) is 16.8 Å². The fourth-order valence-electron chi connectivity index (χ4n) is 3.94. The second kappa shape index (κ2) is 10.0. The first-order chi connectivity index (χ1) is 18.9. The van der Waals surface area contributed by atoms with E-state index in [1.807, 2.05) is 0 Å². The minimum atomic E-state index is -4.65. The summed E-state index contributed by atoms with van der Waals surface area (Å²) in [6.45, 7) is 0. The lowest BCUT2D eigenvalue weighted by molar-refractivity contribution is 0.477. The molecule has 0 saturated heterocycles. The summed E-state index contributed by atoms with van der Waals surface area (Å²) in [6.07, 6.45) is 0. The zero-order valence-corrected chi connectivity index (χ0v) is 21.6. The maximum Gasteiger partial charge on any atom is 0.295 e. The predicted octanol–water partition coefficient (Wildman–Crippen LogP) is 6.12. The van der Waals surface area contributed by atoms with Gasteiger partial charge >= 0.3 is 0 Å². The van der Waals surface area contributed by atoms with E-state index in [1.165, 1.54) is 42.5 Å². The van der Waals surface area contributed by atoms with E-state index >= 15 is 0 Å². The molecule has 1 heterocycles. The molecule has 0 unspecified atom stereocenters. The second-order valence-electron chi connectivity index (χ2n) is 8.28. The Hall–Kier alpha value is -4.83. The van der Waals surface area contributed by atoms with Gasteiger partial charge in [0.1, 0.15) is 21.2 Å². The molecule has 202 valence electrons. The first-order valence-corrected chi connectivity index (χ1v) is 14.1. The van der Waals surface area contributed by atoms with Gasteiger partial charge in [0.25, 0.3) is 20.2 Å². The molecule has 0 bridgehead atoms. The highest BCUT2D eigenvalue weighted by Gasteiger charge is 2.20. The molecule has 0 aliphatic carbocycles. The van der Waals surface area contributed by atoms with Crippen LogP contribution in [-0.2, 0) is 20.2 Å². The number of hydrogen-bond donors (Lipinski definition) is 4. The molecule has 0 spiro atoms. The number of pyridine rings is 1. The fraction of sp³-hybridized carbons (Fsp3) is 0. The fourth-order valence-corrected chi connectivity index (χ4v) is 5.37. The molecular weight excluding hydrogens is 562 g/mol. The van der Waals surface area contributed by atoms with Gasteiger partial charge in [-0.25, -0.2) is 4.98 Å². The van der Waals surface area contributed by atoms with Crippen molar-refractivity contribution in [3.8, 4) is 11.5 Å². The SMILES string of the molecule is O=S(=O)(O)c1cc(N=Nc2cccc(N=Nc3cc(S(=O)(=O)O)c4ccccc4c3O)n2)c(O)c2ccccc12. The molecule has 0 radical (unpaired) electrons. The smallest absolute Gasteiger partial charge is 0.295 e. The summed E-state index contributed by atoms with van der Waals surface area (Å²) >= 11 is 0. The lowest BCUT2D eigenvalue weighted by atomic mass is 10.1. The number of nitrogens with zero attached hydrogens (tertiary/aromatic N) is 5. The third-order valence-electron chi connectivity index (χ3n) is 5.71. The van der Waals surface area contributed by atoms with Crippen LogP contribution in [0.1, 0.15) is 0 Å². The van der Waals surface area contributed by atoms with E-state index in [4.69, 9.17) is 0 Å². The van der Waals surface area contributed by atoms with Gasteiger partial charge in [-0.1, -0.05) is 54.6 Å². The Morgan fingerprint density at radius 2 is 0.900 bits per heavy atom. The molecule has 40 heavy (non-hydrogen) atoms. The van der Waals surface area contributed by atoms with E-state index < -0.39 is 30.0 Å². The average molecular weight is 580 g/mol. The Morgan fingerprint density at radius 3 is 1.27 bits per heavy atom. The van der Waals surface area contributed by atoms with Crippen LogP contribution < -0.4 is 0 Å². The van der Waals surface area contributed by atoms with E-state index in [0.717, 1.165) is 12.1 Å². The maximum atomic E-state index is 11.9. The van der Waals surface area contributed by atoms with Crippen LogP contribution in [0.5, 0.6) is 11.5 Å². The summed E-state index contributed by atoms with van der Waals surface area (Å²) in [7, 11) is -9.30. The standard InChI is InChI=1S/C25H17N5O8S2/c31-24-16-8-3-1-6-14(16)20(39(33,34)35)12-18(24)27-29-22-10-5-11-23(26-22)30-28-19-13-21(40(36,37)38)15-7-2-4-9-17(15)25(19)32/h1-13,31-32H,(H,33,34,35)(H,36,37,38). The van der Waals surface area contributed by atoms with Gasteiger partial charge < -0.3 is 10.2 Å². The van der Waals surface area contributed by atoms with Crippen LogP contribution in [-0.4, -0.2) is 41.1 Å². The van der Waals surface area contributed by atoms with Crippen molar-refractivity contribution in [2.75, 3.05) is 0 Å². The van der Waals surface area contributed by atoms with Crippen molar-refractivity contribution in [2.45, 2.75) is 9.79 Å². The molecule has 13 nitrogen and oxygen atoms in total. The molecule has 5 rings (SSSR count). The second-order valence-corrected chi connectivity index (χ2v) is 11.1. The number of rotatable bonds is 6. The summed E-state index contributed by atoms with van der Waals surface area (Å²) in [5.74, 6) is -0.800. The first-order valence-electron chi connectivity index (χ1n) is 11.2. The molecule has 4 N–H and O–H groups in total. The molecule has 0 aliphatic heterocycles. The highest BCUT2D eigenvalue weighted by atomic mass is 32.2. The molecule has 0 aliphatic rings. The summed E-state index contributed by atoms with van der Waals surface area (Å²) in [6, 6.07) is 18.2. The van der Waals surface area contributed by atoms with Gasteiger partial charge in [0.15, 0.2) is 23.1 Å². The van der Waals surface area contributed by atoms with Crippen molar-refractivity contribution in [1.82, 2.24) is 4.98 Å². The van der Waals surface area contributed by atoms with Crippen LogP contribution in [0.4, 0.5) is 23.0 Å². The number of benzene rings is 4. The van der Waals surface area contributed by atoms with Gasteiger partial charge in [-0.15, -0.1) is 20.5 Å². The van der Waals surface area contributed by atoms with Gasteiger partial charge in [0.05, 0.1) is 0 Å². The van der Waals surface area contributed by atoms with E-state index in [9.17, 15) is 36.2 Å². The van der Waals surface area contributed by atoms with Crippen molar-refractivity contribution >= 4 is 64.8 Å². The van der Waals surface area contributed by atoms with E-state index in [1.54, 1.807) is 24.3 Å². The van der Waals surface area contributed by atoms with E-state index in [0.29, 0.717) is 0 Å². The highest BCUT2D eigenvalue weighted by Crippen LogP contribution is 2.41. The highest BCUT2D eigenvalue weighted by molar-refractivity contribution is 7.86. The van der Waals surface area contributed by atoms with Crippen molar-refractivity contribution in [3.63, 3.8) is 0 Å². The number of aromatic hydroxyl groups is 2. The van der Waals surface area contributed by atoms with Crippen molar-refractivity contribution in [3.05, 3.63) is 78.9 Å². The monoisotopic (exact) mass is 579 g/mol. The molecule has 0 saturated carbocycles. The Kier molecular flexibility index (Phi) is 6.72. The normalized spacial score (nSPS) is 12.7. The molecule has 4 aromatic carbocycles. The molecule has 0 atom stereocenters. The lowest BCUT2D eigenvalue weighted by Gasteiger charge is -2.08. The molecule has 5 aromatic rings. The summed E-state index contributed by atoms with van der Waals surface area (Å²) < 4.78 is 66.8. The topological polar surface area (TPSA) is 212 Å². The Balaban J connectivity index is 1.51. The van der Waals surface area contributed by atoms with Crippen LogP contribution in [0.2, 0.25) is 0 Å². The summed E-state index contributed by atoms with van der Waals surface area (Å²) in [5, 5.41) is 37.2. The number of phenolic OH excluding ortho intramolecular Hbond substituents is 2. The third kappa shape index (κ3) is 5.21. The largest absolute Gasteiger partial charge is 0.505 e. The lowest BCUT2D eigenvalue weighted by Crippen LogP contribution is -1.99. The first kappa shape index (κ1) is 26.8. The van der Waals surface area contributed by atoms with E-state index in [-0.39, 0.29) is 56.1 Å². The van der Waals surface area contributed by atoms with Gasteiger partial charge in [-0.3, -0.25) is 9.11 Å². The molecular formula is C25H17N5O8S2. The van der Waals surface area contributed by atoms with Crippen molar-refractivity contribution in [2.24, 2.45) is 20.5 Å². The molecule has 15 heteroatoms. The zero-order chi connectivity index (χ0) is 28.7. The predicted molar refractivity (Wildman–Crippen MR) is 143 cm³/mol. The molecule has 0 fully saturated rings. The van der Waals surface area contributed by atoms with Gasteiger partial charge in [0, 0.05) is 21.5 Å². The minimum Gasteiger partial charge on any atom is -0.505 e. The molecule has 0 amide bonds. The average Bonchev–Trinajstić information content (AvgIpc) is 2.91. The number of azo groups is 2. The number of fused-ring (bicyclic) bond motifs is 2. The summed E-state index contributed by atoms with van der Waals surface area (Å²) in [5.41, 5.74) is -0.502.